The highest BCUT2D eigenvalue weighted by Crippen LogP contribution is 2.31. The van der Waals surface area contributed by atoms with E-state index in [1.165, 1.54) is 10.9 Å². The zero-order valence-corrected chi connectivity index (χ0v) is 13.6. The monoisotopic (exact) mass is 356 g/mol. The highest BCUT2D eigenvalue weighted by atomic mass is 32.1. The number of fused-ring (bicyclic) bond motifs is 1. The Morgan fingerprint density at radius 2 is 2.21 bits per heavy atom. The van der Waals surface area contributed by atoms with Gasteiger partial charge < -0.3 is 36.1 Å². The number of nitrogens with one attached hydrogen (secondary N) is 2. The minimum atomic E-state index is -1.21. The number of aliphatic hydroxyl groups excluding tert-OH is 3. The fourth-order valence-electron chi connectivity index (χ4n) is 2.63. The second-order valence-electron chi connectivity index (χ2n) is 5.54. The van der Waals surface area contributed by atoms with Gasteiger partial charge in [-0.05, 0) is 13.0 Å². The minimum absolute atomic E-state index is 0.296. The molecule has 0 saturated carbocycles. The molecule has 1 aliphatic rings. The van der Waals surface area contributed by atoms with E-state index in [4.69, 9.17) is 22.7 Å². The third-order valence-corrected chi connectivity index (χ3v) is 4.20. The van der Waals surface area contributed by atoms with Crippen molar-refractivity contribution in [1.29, 1.82) is 0 Å². The van der Waals surface area contributed by atoms with Crippen molar-refractivity contribution in [3.63, 3.8) is 0 Å². The Bertz CT molecular complexity index is 764. The fraction of sp³-hybridized carbons (Fsp3) is 0.615. The molecule has 1 aliphatic heterocycles. The van der Waals surface area contributed by atoms with Crippen LogP contribution >= 0.6 is 12.2 Å². The molecule has 24 heavy (non-hydrogen) atoms. The van der Waals surface area contributed by atoms with Crippen LogP contribution in [0.2, 0.25) is 0 Å². The predicted molar refractivity (Wildman–Crippen MR) is 87.9 cm³/mol. The summed E-state index contributed by atoms with van der Waals surface area (Å²) in [5, 5.41) is 32.4. The highest BCUT2D eigenvalue weighted by molar-refractivity contribution is 7.71. The van der Waals surface area contributed by atoms with E-state index >= 15 is 0 Å². The second-order valence-corrected chi connectivity index (χ2v) is 5.92. The van der Waals surface area contributed by atoms with Crippen molar-refractivity contribution >= 4 is 29.3 Å². The van der Waals surface area contributed by atoms with E-state index in [9.17, 15) is 15.3 Å². The van der Waals surface area contributed by atoms with E-state index in [0.29, 0.717) is 34.8 Å². The zero-order valence-electron chi connectivity index (χ0n) is 12.8. The molecule has 3 rings (SSSR count). The highest BCUT2D eigenvalue weighted by Gasteiger charge is 2.43. The average Bonchev–Trinajstić information content (AvgIpc) is 3.10. The van der Waals surface area contributed by atoms with Gasteiger partial charge in [0.2, 0.25) is 5.95 Å². The smallest absolute Gasteiger partial charge is 0.203 e. The van der Waals surface area contributed by atoms with Crippen molar-refractivity contribution in [2.24, 2.45) is 5.73 Å². The molecule has 2 aromatic rings. The molecule has 0 aromatic carbocycles. The lowest BCUT2D eigenvalue weighted by molar-refractivity contribution is -0.0511. The van der Waals surface area contributed by atoms with E-state index in [2.05, 4.69) is 20.3 Å². The maximum absolute atomic E-state index is 10.2. The summed E-state index contributed by atoms with van der Waals surface area (Å²) in [7, 11) is 0. The third-order valence-electron chi connectivity index (χ3n) is 3.91. The Kier molecular flexibility index (Phi) is 5.08. The van der Waals surface area contributed by atoms with Crippen molar-refractivity contribution in [1.82, 2.24) is 19.5 Å². The molecule has 0 radical (unpaired) electrons. The lowest BCUT2D eigenvalue weighted by Crippen LogP contribution is -2.33. The molecule has 1 saturated heterocycles. The molecule has 2 aromatic heterocycles. The van der Waals surface area contributed by atoms with Crippen LogP contribution < -0.4 is 11.1 Å². The summed E-state index contributed by atoms with van der Waals surface area (Å²) in [6, 6.07) is 0. The largest absolute Gasteiger partial charge is 0.394 e. The molecular weight excluding hydrogens is 336 g/mol. The van der Waals surface area contributed by atoms with Gasteiger partial charge in [0.25, 0.3) is 0 Å². The average molecular weight is 356 g/mol. The number of aliphatic hydroxyl groups is 3. The molecule has 7 N–H and O–H groups in total. The summed E-state index contributed by atoms with van der Waals surface area (Å²) in [4.78, 5) is 11.5. The Morgan fingerprint density at radius 3 is 2.88 bits per heavy atom. The molecule has 0 amide bonds. The molecule has 0 bridgehead atoms. The number of nitrogens with two attached hydrogens (primary N) is 1. The van der Waals surface area contributed by atoms with Crippen LogP contribution in [0.4, 0.5) is 5.95 Å². The van der Waals surface area contributed by atoms with E-state index < -0.39 is 31.1 Å². The number of anilines is 1. The van der Waals surface area contributed by atoms with Crippen molar-refractivity contribution in [3.05, 3.63) is 11.0 Å². The topological polar surface area (TPSA) is 154 Å². The number of rotatable bonds is 6. The molecule has 4 atom stereocenters. The summed E-state index contributed by atoms with van der Waals surface area (Å²) in [5.41, 5.74) is 6.42. The van der Waals surface area contributed by atoms with Gasteiger partial charge in [-0.25, -0.2) is 9.97 Å². The summed E-state index contributed by atoms with van der Waals surface area (Å²) in [6.07, 6.45) is -1.94. The SMILES string of the molecule is NCCCNc1nc(=S)c2ncn([C@@H]3O[C@H](CO)C(O)C3O)c2[nH]1. The van der Waals surface area contributed by atoms with Gasteiger partial charge in [0.1, 0.15) is 29.5 Å². The van der Waals surface area contributed by atoms with Crippen molar-refractivity contribution in [3.8, 4) is 0 Å². The van der Waals surface area contributed by atoms with Gasteiger partial charge in [-0.1, -0.05) is 12.2 Å². The molecule has 132 valence electrons. The Balaban J connectivity index is 1.95. The first-order valence-electron chi connectivity index (χ1n) is 7.60. The molecule has 11 heteroatoms. The summed E-state index contributed by atoms with van der Waals surface area (Å²) in [5.74, 6) is 0.453. The predicted octanol–water partition coefficient (Wildman–Crippen LogP) is -1.14. The third kappa shape index (κ3) is 3.01. The quantitative estimate of drug-likeness (QED) is 0.278. The molecule has 0 spiro atoms. The number of aromatic amines is 1. The van der Waals surface area contributed by atoms with Crippen LogP contribution in [0.3, 0.4) is 0 Å². The minimum Gasteiger partial charge on any atom is -0.394 e. The summed E-state index contributed by atoms with van der Waals surface area (Å²) >= 11 is 5.24. The van der Waals surface area contributed by atoms with Crippen LogP contribution in [0.1, 0.15) is 12.6 Å². The first-order valence-corrected chi connectivity index (χ1v) is 8.01. The van der Waals surface area contributed by atoms with Gasteiger partial charge in [-0.2, -0.15) is 0 Å². The first-order chi connectivity index (χ1) is 11.6. The lowest BCUT2D eigenvalue weighted by atomic mass is 10.1. The molecule has 0 aliphatic carbocycles. The number of nitrogens with zero attached hydrogens (tertiary/aromatic N) is 3. The van der Waals surface area contributed by atoms with Crippen LogP contribution in [0, 0.1) is 4.64 Å². The second kappa shape index (κ2) is 7.09. The summed E-state index contributed by atoms with van der Waals surface area (Å²) in [6.45, 7) is 0.781. The van der Waals surface area contributed by atoms with Gasteiger partial charge in [-0.15, -0.1) is 0 Å². The van der Waals surface area contributed by atoms with Crippen molar-refractivity contribution in [2.45, 2.75) is 31.0 Å². The van der Waals surface area contributed by atoms with Crippen LogP contribution in [0.5, 0.6) is 0 Å². The van der Waals surface area contributed by atoms with Crippen LogP contribution in [-0.4, -0.2) is 72.8 Å². The van der Waals surface area contributed by atoms with Crippen LogP contribution in [-0.2, 0) is 4.74 Å². The van der Waals surface area contributed by atoms with Crippen LogP contribution in [0.25, 0.3) is 11.2 Å². The number of ether oxygens (including phenoxy) is 1. The van der Waals surface area contributed by atoms with Gasteiger partial charge in [0.15, 0.2) is 10.9 Å². The summed E-state index contributed by atoms with van der Waals surface area (Å²) < 4.78 is 7.36. The fourth-order valence-corrected chi connectivity index (χ4v) is 2.87. The van der Waals surface area contributed by atoms with Gasteiger partial charge in [-0.3, -0.25) is 4.57 Å². The molecule has 3 heterocycles. The maximum atomic E-state index is 10.2. The molecular formula is C13H20N6O4S. The van der Waals surface area contributed by atoms with E-state index in [1.54, 1.807) is 0 Å². The van der Waals surface area contributed by atoms with Gasteiger partial charge in [0.05, 0.1) is 12.9 Å². The number of H-pyrrole nitrogens is 1. The number of aromatic nitrogens is 4. The van der Waals surface area contributed by atoms with Crippen molar-refractivity contribution < 1.29 is 20.1 Å². The molecule has 1 fully saturated rings. The Hall–Kier alpha value is -1.63. The normalized spacial score (nSPS) is 27.0. The first kappa shape index (κ1) is 17.2. The van der Waals surface area contributed by atoms with Crippen molar-refractivity contribution in [2.75, 3.05) is 25.0 Å². The standard InChI is InChI=1S/C13H20N6O4S/c14-2-1-3-15-13-17-10-7(11(24)18-13)16-5-19(10)12-9(22)8(21)6(4-20)23-12/h5-6,8-9,12,20-22H,1-4,14H2,(H2,15,17,18,24)/t6-,8?,9?,12-/m1/s1. The number of hydrogen-bond acceptors (Lipinski definition) is 9. The lowest BCUT2D eigenvalue weighted by Gasteiger charge is -2.17. The van der Waals surface area contributed by atoms with Crippen LogP contribution in [0.15, 0.2) is 6.33 Å². The van der Waals surface area contributed by atoms with E-state index in [1.807, 2.05) is 0 Å². The molecule has 10 nitrogen and oxygen atoms in total. The maximum Gasteiger partial charge on any atom is 0.203 e. The van der Waals surface area contributed by atoms with E-state index in [0.717, 1.165) is 6.42 Å². The zero-order chi connectivity index (χ0) is 17.3. The molecule has 2 unspecified atom stereocenters. The van der Waals surface area contributed by atoms with Gasteiger partial charge >= 0.3 is 0 Å². The number of hydrogen-bond donors (Lipinski definition) is 6. The Labute approximate surface area is 142 Å². The number of imidazole rings is 1. The Morgan fingerprint density at radius 1 is 1.42 bits per heavy atom. The van der Waals surface area contributed by atoms with E-state index in [-0.39, 0.29) is 0 Å². The van der Waals surface area contributed by atoms with Gasteiger partial charge in [0, 0.05) is 6.54 Å².